The molecule has 0 aromatic carbocycles. The van der Waals surface area contributed by atoms with Crippen molar-refractivity contribution in [1.82, 2.24) is 10.1 Å². The van der Waals surface area contributed by atoms with Crippen LogP contribution in [0.25, 0.3) is 0 Å². The molecule has 5 nitrogen and oxygen atoms in total. The third-order valence-corrected chi connectivity index (χ3v) is 2.86. The molecule has 1 heterocycles. The summed E-state index contributed by atoms with van der Waals surface area (Å²) in [5, 5.41) is 12.4. The van der Waals surface area contributed by atoms with Gasteiger partial charge in [-0.25, -0.2) is 4.79 Å². The Kier molecular flexibility index (Phi) is 2.02. The van der Waals surface area contributed by atoms with Gasteiger partial charge in [0.05, 0.1) is 0 Å². The molecule has 0 amide bonds. The lowest BCUT2D eigenvalue weighted by atomic mass is 9.88. The van der Waals surface area contributed by atoms with Crippen molar-refractivity contribution in [1.29, 1.82) is 0 Å². The van der Waals surface area contributed by atoms with Crippen molar-refractivity contribution in [3.05, 3.63) is 11.7 Å². The van der Waals surface area contributed by atoms with E-state index in [2.05, 4.69) is 21.6 Å². The Morgan fingerprint density at radius 3 is 2.64 bits per heavy atom. The van der Waals surface area contributed by atoms with Gasteiger partial charge in [-0.2, -0.15) is 4.98 Å². The summed E-state index contributed by atoms with van der Waals surface area (Å²) >= 11 is 0. The van der Waals surface area contributed by atoms with Gasteiger partial charge in [0, 0.05) is 5.41 Å². The smallest absolute Gasteiger partial charge is 0.394 e. The van der Waals surface area contributed by atoms with E-state index in [-0.39, 0.29) is 11.3 Å². The molecule has 0 saturated heterocycles. The minimum atomic E-state index is -1.16. The highest BCUT2D eigenvalue weighted by Gasteiger charge is 2.35. The fourth-order valence-electron chi connectivity index (χ4n) is 1.93. The largest absolute Gasteiger partial charge is 0.474 e. The van der Waals surface area contributed by atoms with Crippen LogP contribution in [0, 0.1) is 0 Å². The maximum Gasteiger partial charge on any atom is 0.394 e. The van der Waals surface area contributed by atoms with Crippen molar-refractivity contribution < 1.29 is 14.4 Å². The zero-order valence-electron chi connectivity index (χ0n) is 7.99. The molecule has 1 aliphatic rings. The summed E-state index contributed by atoms with van der Waals surface area (Å²) in [5.41, 5.74) is -0.0861. The highest BCUT2D eigenvalue weighted by Crippen LogP contribution is 2.38. The highest BCUT2D eigenvalue weighted by atomic mass is 16.5. The fourth-order valence-corrected chi connectivity index (χ4v) is 1.93. The number of hydrogen-bond acceptors (Lipinski definition) is 4. The topological polar surface area (TPSA) is 76.2 Å². The maximum absolute atomic E-state index is 10.5. The van der Waals surface area contributed by atoms with Crippen molar-refractivity contribution in [3.8, 4) is 0 Å². The first-order valence-electron chi connectivity index (χ1n) is 4.69. The number of rotatable bonds is 2. The molecule has 1 aromatic heterocycles. The predicted octanol–water partition coefficient (Wildman–Crippen LogP) is 1.60. The number of carboxylic acid groups (broad SMARTS) is 1. The summed E-state index contributed by atoms with van der Waals surface area (Å²) in [6, 6.07) is 0. The molecule has 0 aliphatic heterocycles. The Hall–Kier alpha value is -1.39. The zero-order valence-corrected chi connectivity index (χ0v) is 7.99. The van der Waals surface area contributed by atoms with Gasteiger partial charge in [-0.05, 0) is 12.8 Å². The van der Waals surface area contributed by atoms with Crippen LogP contribution in [-0.2, 0) is 5.41 Å². The molecular formula is C9H12N2O3. The minimum Gasteiger partial charge on any atom is -0.474 e. The number of aromatic carboxylic acids is 1. The Balaban J connectivity index is 2.28. The molecule has 0 bridgehead atoms. The lowest BCUT2D eigenvalue weighted by Gasteiger charge is -2.17. The number of carbonyl (C=O) groups is 1. The van der Waals surface area contributed by atoms with E-state index in [1.807, 2.05) is 0 Å². The van der Waals surface area contributed by atoms with Crippen LogP contribution in [0.1, 0.15) is 49.1 Å². The molecule has 2 rings (SSSR count). The van der Waals surface area contributed by atoms with Crippen molar-refractivity contribution in [2.24, 2.45) is 0 Å². The molecule has 1 fully saturated rings. The molecule has 14 heavy (non-hydrogen) atoms. The SMILES string of the molecule is CC1(c2noc(C(=O)O)n2)CCCC1. The third kappa shape index (κ3) is 1.38. The lowest BCUT2D eigenvalue weighted by molar-refractivity contribution is 0.0643. The third-order valence-electron chi connectivity index (χ3n) is 2.86. The highest BCUT2D eigenvalue weighted by molar-refractivity contribution is 5.81. The summed E-state index contributed by atoms with van der Waals surface area (Å²) in [5.74, 6) is -0.939. The number of carboxylic acids is 1. The molecule has 0 radical (unpaired) electrons. The van der Waals surface area contributed by atoms with E-state index in [4.69, 9.17) is 5.11 Å². The van der Waals surface area contributed by atoms with E-state index >= 15 is 0 Å². The van der Waals surface area contributed by atoms with Crippen molar-refractivity contribution in [2.75, 3.05) is 0 Å². The molecule has 1 N–H and O–H groups in total. The quantitative estimate of drug-likeness (QED) is 0.777. The Morgan fingerprint density at radius 1 is 1.50 bits per heavy atom. The maximum atomic E-state index is 10.5. The Labute approximate surface area is 81.1 Å². The van der Waals surface area contributed by atoms with E-state index in [1.165, 1.54) is 0 Å². The summed E-state index contributed by atoms with van der Waals surface area (Å²) in [6.07, 6.45) is 4.30. The van der Waals surface area contributed by atoms with Gasteiger partial charge in [0.2, 0.25) is 0 Å². The van der Waals surface area contributed by atoms with E-state index in [9.17, 15) is 4.79 Å². The molecule has 76 valence electrons. The molecule has 0 spiro atoms. The van der Waals surface area contributed by atoms with E-state index in [1.54, 1.807) is 0 Å². The van der Waals surface area contributed by atoms with Gasteiger partial charge >= 0.3 is 11.9 Å². The standard InChI is InChI=1S/C9H12N2O3/c1-9(4-2-3-5-9)8-10-6(7(12)13)14-11-8/h2-5H2,1H3,(H,12,13). The first-order chi connectivity index (χ1) is 6.62. The summed E-state index contributed by atoms with van der Waals surface area (Å²) in [6.45, 7) is 2.05. The predicted molar refractivity (Wildman–Crippen MR) is 47.1 cm³/mol. The first-order valence-corrected chi connectivity index (χ1v) is 4.69. The minimum absolute atomic E-state index is 0.0861. The van der Waals surface area contributed by atoms with Gasteiger partial charge in [-0.3, -0.25) is 0 Å². The average molecular weight is 196 g/mol. The molecule has 1 aliphatic carbocycles. The van der Waals surface area contributed by atoms with Crippen LogP contribution in [0.15, 0.2) is 4.52 Å². The molecule has 0 atom stereocenters. The average Bonchev–Trinajstić information content (AvgIpc) is 2.71. The van der Waals surface area contributed by atoms with Crippen LogP contribution in [0.2, 0.25) is 0 Å². The van der Waals surface area contributed by atoms with E-state index in [0.29, 0.717) is 5.82 Å². The van der Waals surface area contributed by atoms with Crippen LogP contribution < -0.4 is 0 Å². The van der Waals surface area contributed by atoms with Crippen LogP contribution in [-0.4, -0.2) is 21.2 Å². The second-order valence-electron chi connectivity index (χ2n) is 4.00. The van der Waals surface area contributed by atoms with Gasteiger partial charge < -0.3 is 9.63 Å². The number of hydrogen-bond donors (Lipinski definition) is 1. The Bertz CT molecular complexity index is 353. The first kappa shape index (κ1) is 9.18. The van der Waals surface area contributed by atoms with E-state index < -0.39 is 5.97 Å². The van der Waals surface area contributed by atoms with Crippen LogP contribution >= 0.6 is 0 Å². The molecule has 0 unspecified atom stereocenters. The summed E-state index contributed by atoms with van der Waals surface area (Å²) < 4.78 is 4.64. The number of nitrogens with zero attached hydrogens (tertiary/aromatic N) is 2. The van der Waals surface area contributed by atoms with Crippen LogP contribution in [0.4, 0.5) is 0 Å². The Morgan fingerprint density at radius 2 is 2.14 bits per heavy atom. The normalized spacial score (nSPS) is 19.8. The van der Waals surface area contributed by atoms with Gasteiger partial charge in [0.15, 0.2) is 5.82 Å². The summed E-state index contributed by atoms with van der Waals surface area (Å²) in [4.78, 5) is 14.4. The summed E-state index contributed by atoms with van der Waals surface area (Å²) in [7, 11) is 0. The fraction of sp³-hybridized carbons (Fsp3) is 0.667. The zero-order chi connectivity index (χ0) is 10.2. The van der Waals surface area contributed by atoms with Gasteiger partial charge in [-0.15, -0.1) is 0 Å². The second kappa shape index (κ2) is 3.08. The van der Waals surface area contributed by atoms with Crippen molar-refractivity contribution in [2.45, 2.75) is 38.0 Å². The van der Waals surface area contributed by atoms with Gasteiger partial charge in [-0.1, -0.05) is 24.9 Å². The monoisotopic (exact) mass is 196 g/mol. The van der Waals surface area contributed by atoms with Gasteiger partial charge in [0.1, 0.15) is 0 Å². The van der Waals surface area contributed by atoms with Crippen molar-refractivity contribution in [3.63, 3.8) is 0 Å². The number of aromatic nitrogens is 2. The van der Waals surface area contributed by atoms with E-state index in [0.717, 1.165) is 25.7 Å². The molecule has 1 aromatic rings. The van der Waals surface area contributed by atoms with Crippen molar-refractivity contribution >= 4 is 5.97 Å². The molecule has 5 heteroatoms. The van der Waals surface area contributed by atoms with Crippen LogP contribution in [0.5, 0.6) is 0 Å². The lowest BCUT2D eigenvalue weighted by Crippen LogP contribution is -2.18. The molecule has 1 saturated carbocycles. The molecular weight excluding hydrogens is 184 g/mol. The van der Waals surface area contributed by atoms with Crippen LogP contribution in [0.3, 0.4) is 0 Å². The second-order valence-corrected chi connectivity index (χ2v) is 4.00. The van der Waals surface area contributed by atoms with Gasteiger partial charge in [0.25, 0.3) is 0 Å².